The third-order valence-corrected chi connectivity index (χ3v) is 4.37. The molecule has 7 nitrogen and oxygen atoms in total. The number of anilines is 1. The molecule has 0 unspecified atom stereocenters. The highest BCUT2D eigenvalue weighted by atomic mass is 16.7. The standard InChI is InChI=1S/C23H24N2O5/c1-2-29-23(28)30-20-11-9-18(10-12-20)22(27)24-15-17-4-3-5-19(14-17)25-21(26)13-8-16-6-7-16/h3-5,8-14,16H,2,6-7,15H2,1H3,(H,24,27)(H,25,26)/b13-8+. The van der Waals surface area contributed by atoms with Crippen LogP contribution in [-0.4, -0.2) is 24.6 Å². The van der Waals surface area contributed by atoms with Crippen LogP contribution in [0.25, 0.3) is 0 Å². The second-order valence-corrected chi connectivity index (χ2v) is 6.88. The van der Waals surface area contributed by atoms with E-state index in [2.05, 4.69) is 10.6 Å². The van der Waals surface area contributed by atoms with Gasteiger partial charge in [0.2, 0.25) is 5.91 Å². The normalized spacial score (nSPS) is 13.0. The van der Waals surface area contributed by atoms with Crippen molar-refractivity contribution in [1.82, 2.24) is 5.32 Å². The second kappa shape index (κ2) is 10.2. The van der Waals surface area contributed by atoms with E-state index in [1.807, 2.05) is 24.3 Å². The fraction of sp³-hybridized carbons (Fsp3) is 0.261. The largest absolute Gasteiger partial charge is 0.513 e. The Labute approximate surface area is 175 Å². The number of hydrogen-bond acceptors (Lipinski definition) is 5. The lowest BCUT2D eigenvalue weighted by Gasteiger charge is -2.09. The zero-order valence-corrected chi connectivity index (χ0v) is 16.7. The molecule has 1 fully saturated rings. The summed E-state index contributed by atoms with van der Waals surface area (Å²) in [5.74, 6) is 0.417. The van der Waals surface area contributed by atoms with Gasteiger partial charge in [-0.15, -0.1) is 0 Å². The van der Waals surface area contributed by atoms with Crippen LogP contribution in [0, 0.1) is 5.92 Å². The van der Waals surface area contributed by atoms with E-state index < -0.39 is 6.16 Å². The molecule has 156 valence electrons. The molecule has 0 aliphatic heterocycles. The van der Waals surface area contributed by atoms with Gasteiger partial charge in [0.15, 0.2) is 0 Å². The number of allylic oxidation sites excluding steroid dienone is 1. The maximum absolute atomic E-state index is 12.3. The molecular formula is C23H24N2O5. The second-order valence-electron chi connectivity index (χ2n) is 6.88. The minimum atomic E-state index is -0.787. The fourth-order valence-corrected chi connectivity index (χ4v) is 2.66. The van der Waals surface area contributed by atoms with Gasteiger partial charge in [0.05, 0.1) is 6.61 Å². The van der Waals surface area contributed by atoms with Crippen molar-refractivity contribution in [2.75, 3.05) is 11.9 Å². The van der Waals surface area contributed by atoms with Gasteiger partial charge in [-0.2, -0.15) is 0 Å². The lowest BCUT2D eigenvalue weighted by atomic mass is 10.1. The van der Waals surface area contributed by atoms with Crippen molar-refractivity contribution in [3.63, 3.8) is 0 Å². The Balaban J connectivity index is 1.50. The molecule has 7 heteroatoms. The van der Waals surface area contributed by atoms with Gasteiger partial charge in [0, 0.05) is 17.8 Å². The Morgan fingerprint density at radius 3 is 2.57 bits per heavy atom. The van der Waals surface area contributed by atoms with Crippen LogP contribution in [0.5, 0.6) is 5.75 Å². The Morgan fingerprint density at radius 1 is 1.10 bits per heavy atom. The molecule has 0 aromatic heterocycles. The first-order valence-electron chi connectivity index (χ1n) is 9.84. The van der Waals surface area contributed by atoms with Crippen molar-refractivity contribution >= 4 is 23.7 Å². The van der Waals surface area contributed by atoms with Crippen molar-refractivity contribution in [1.29, 1.82) is 0 Å². The fourth-order valence-electron chi connectivity index (χ4n) is 2.66. The number of rotatable bonds is 8. The molecule has 0 heterocycles. The quantitative estimate of drug-likeness (QED) is 0.390. The van der Waals surface area contributed by atoms with E-state index in [0.29, 0.717) is 29.5 Å². The van der Waals surface area contributed by atoms with E-state index in [0.717, 1.165) is 18.4 Å². The topological polar surface area (TPSA) is 93.7 Å². The van der Waals surface area contributed by atoms with Crippen LogP contribution in [0.1, 0.15) is 35.7 Å². The summed E-state index contributed by atoms with van der Waals surface area (Å²) in [7, 11) is 0. The summed E-state index contributed by atoms with van der Waals surface area (Å²) in [6.07, 6.45) is 5.02. The van der Waals surface area contributed by atoms with Crippen molar-refractivity contribution in [2.45, 2.75) is 26.3 Å². The van der Waals surface area contributed by atoms with E-state index in [4.69, 9.17) is 9.47 Å². The van der Waals surface area contributed by atoms with E-state index in [9.17, 15) is 14.4 Å². The molecule has 2 aromatic carbocycles. The molecule has 1 aliphatic carbocycles. The zero-order valence-electron chi connectivity index (χ0n) is 16.7. The first-order valence-corrected chi connectivity index (χ1v) is 9.84. The van der Waals surface area contributed by atoms with Crippen LogP contribution in [0.3, 0.4) is 0 Å². The van der Waals surface area contributed by atoms with Crippen molar-refractivity contribution in [3.05, 3.63) is 71.8 Å². The number of benzene rings is 2. The summed E-state index contributed by atoms with van der Waals surface area (Å²) in [5, 5.41) is 5.65. The Kier molecular flexibility index (Phi) is 7.21. The van der Waals surface area contributed by atoms with Gasteiger partial charge in [-0.05, 0) is 73.7 Å². The Morgan fingerprint density at radius 2 is 1.87 bits per heavy atom. The van der Waals surface area contributed by atoms with Crippen LogP contribution in [-0.2, 0) is 16.1 Å². The minimum absolute atomic E-state index is 0.159. The number of hydrogen-bond donors (Lipinski definition) is 2. The van der Waals surface area contributed by atoms with Crippen molar-refractivity contribution < 1.29 is 23.9 Å². The highest BCUT2D eigenvalue weighted by Crippen LogP contribution is 2.29. The lowest BCUT2D eigenvalue weighted by Crippen LogP contribution is -2.22. The van der Waals surface area contributed by atoms with Gasteiger partial charge in [-0.3, -0.25) is 9.59 Å². The van der Waals surface area contributed by atoms with Crippen LogP contribution < -0.4 is 15.4 Å². The predicted molar refractivity (Wildman–Crippen MR) is 112 cm³/mol. The molecule has 1 aliphatic rings. The summed E-state index contributed by atoms with van der Waals surface area (Å²) in [6.45, 7) is 2.22. The number of carbonyl (C=O) groups excluding carboxylic acids is 3. The maximum atomic E-state index is 12.3. The first kappa shape index (κ1) is 21.1. The molecular weight excluding hydrogens is 384 g/mol. The maximum Gasteiger partial charge on any atom is 0.513 e. The lowest BCUT2D eigenvalue weighted by molar-refractivity contribution is -0.111. The third-order valence-electron chi connectivity index (χ3n) is 4.37. The molecule has 0 spiro atoms. The third kappa shape index (κ3) is 6.77. The molecule has 2 aromatic rings. The molecule has 2 amide bonds. The van der Waals surface area contributed by atoms with E-state index in [1.54, 1.807) is 31.2 Å². The van der Waals surface area contributed by atoms with Crippen molar-refractivity contribution in [2.24, 2.45) is 5.92 Å². The number of ether oxygens (including phenoxy) is 2. The van der Waals surface area contributed by atoms with Gasteiger partial charge in [-0.1, -0.05) is 18.2 Å². The van der Waals surface area contributed by atoms with E-state index in [-0.39, 0.29) is 18.4 Å². The summed E-state index contributed by atoms with van der Waals surface area (Å²) < 4.78 is 9.67. The Hall–Kier alpha value is -3.61. The van der Waals surface area contributed by atoms with Gasteiger partial charge in [-0.25, -0.2) is 4.79 Å². The molecule has 1 saturated carbocycles. The first-order chi connectivity index (χ1) is 14.5. The summed E-state index contributed by atoms with van der Waals surface area (Å²) in [5.41, 5.74) is 1.96. The molecule has 0 radical (unpaired) electrons. The van der Waals surface area contributed by atoms with E-state index in [1.165, 1.54) is 12.1 Å². The van der Waals surface area contributed by atoms with Crippen molar-refractivity contribution in [3.8, 4) is 5.75 Å². The highest BCUT2D eigenvalue weighted by molar-refractivity contribution is 5.99. The molecule has 2 N–H and O–H groups in total. The summed E-state index contributed by atoms with van der Waals surface area (Å²) in [4.78, 5) is 35.6. The summed E-state index contributed by atoms with van der Waals surface area (Å²) in [6, 6.07) is 13.5. The molecule has 0 saturated heterocycles. The van der Waals surface area contributed by atoms with Gasteiger partial charge in [0.1, 0.15) is 5.75 Å². The van der Waals surface area contributed by atoms with Gasteiger partial charge >= 0.3 is 6.16 Å². The number of nitrogens with one attached hydrogen (secondary N) is 2. The van der Waals surface area contributed by atoms with Gasteiger partial charge in [0.25, 0.3) is 5.91 Å². The number of carbonyl (C=O) groups is 3. The highest BCUT2D eigenvalue weighted by Gasteiger charge is 2.17. The SMILES string of the molecule is CCOC(=O)Oc1ccc(C(=O)NCc2cccc(NC(=O)/C=C/C3CC3)c2)cc1. The smallest absolute Gasteiger partial charge is 0.434 e. The van der Waals surface area contributed by atoms with Crippen LogP contribution in [0.4, 0.5) is 10.5 Å². The monoisotopic (exact) mass is 408 g/mol. The van der Waals surface area contributed by atoms with E-state index >= 15 is 0 Å². The van der Waals surface area contributed by atoms with Crippen LogP contribution >= 0.6 is 0 Å². The minimum Gasteiger partial charge on any atom is -0.434 e. The van der Waals surface area contributed by atoms with Gasteiger partial charge < -0.3 is 20.1 Å². The predicted octanol–water partition coefficient (Wildman–Crippen LogP) is 4.06. The molecule has 3 rings (SSSR count). The molecule has 0 atom stereocenters. The molecule has 30 heavy (non-hydrogen) atoms. The zero-order chi connectivity index (χ0) is 21.3. The number of amides is 2. The summed E-state index contributed by atoms with van der Waals surface area (Å²) >= 11 is 0. The van der Waals surface area contributed by atoms with Crippen LogP contribution in [0.2, 0.25) is 0 Å². The average Bonchev–Trinajstić information content (AvgIpc) is 3.56. The average molecular weight is 408 g/mol. The molecule has 0 bridgehead atoms. The van der Waals surface area contributed by atoms with Crippen LogP contribution in [0.15, 0.2) is 60.7 Å². The Bertz CT molecular complexity index is 933.